The smallest absolute Gasteiger partial charge is 0.243 e. The van der Waals surface area contributed by atoms with Crippen LogP contribution in [0, 0.1) is 0 Å². The van der Waals surface area contributed by atoms with Gasteiger partial charge in [-0.1, -0.05) is 65.0 Å². The Labute approximate surface area is 123 Å². The van der Waals surface area contributed by atoms with E-state index in [1.54, 1.807) is 0 Å². The molecule has 0 aromatic carbocycles. The second kappa shape index (κ2) is 17.4. The number of carbonyl (C=O) groups excluding carboxylic acids is 2. The molecule has 0 unspecified atom stereocenters. The summed E-state index contributed by atoms with van der Waals surface area (Å²) in [6, 6.07) is 0. The largest absolute Gasteiger partial charge is 0.366 e. The van der Waals surface area contributed by atoms with Crippen molar-refractivity contribution in [1.82, 2.24) is 5.32 Å². The van der Waals surface area contributed by atoms with E-state index in [0.29, 0.717) is 0 Å². The first-order valence-corrected chi connectivity index (χ1v) is 7.40. The molecule has 0 bridgehead atoms. The van der Waals surface area contributed by atoms with Gasteiger partial charge in [-0.15, -0.1) is 0 Å². The van der Waals surface area contributed by atoms with Gasteiger partial charge in [0.1, 0.15) is 0 Å². The molecular formula is C16H30N2O2. The number of primary amides is 1. The number of carbonyl (C=O) groups is 2. The van der Waals surface area contributed by atoms with Gasteiger partial charge in [0.2, 0.25) is 11.8 Å². The van der Waals surface area contributed by atoms with Gasteiger partial charge in [-0.05, 0) is 18.6 Å². The number of hydrogen-bond donors (Lipinski definition) is 2. The van der Waals surface area contributed by atoms with Gasteiger partial charge in [0, 0.05) is 6.54 Å². The van der Waals surface area contributed by atoms with E-state index < -0.39 is 5.91 Å². The van der Waals surface area contributed by atoms with E-state index in [1.165, 1.54) is 51.0 Å². The van der Waals surface area contributed by atoms with E-state index in [0.717, 1.165) is 19.0 Å². The van der Waals surface area contributed by atoms with E-state index in [1.807, 2.05) is 0 Å². The molecule has 0 saturated heterocycles. The molecular weight excluding hydrogens is 252 g/mol. The Bertz CT molecular complexity index is 276. The lowest BCUT2D eigenvalue weighted by Gasteiger charge is -2.02. The van der Waals surface area contributed by atoms with Crippen LogP contribution in [0.15, 0.2) is 25.3 Å². The van der Waals surface area contributed by atoms with Crippen LogP contribution in [0.3, 0.4) is 0 Å². The number of nitrogens with one attached hydrogen (secondary N) is 1. The Kier molecular flexibility index (Phi) is 18.1. The molecule has 116 valence electrons. The van der Waals surface area contributed by atoms with Gasteiger partial charge in [0.05, 0.1) is 0 Å². The fraction of sp³-hybridized carbons (Fsp3) is 0.625. The third kappa shape index (κ3) is 21.7. The van der Waals surface area contributed by atoms with E-state index in [2.05, 4.69) is 31.1 Å². The topological polar surface area (TPSA) is 72.2 Å². The summed E-state index contributed by atoms with van der Waals surface area (Å²) in [5.74, 6) is -0.539. The van der Waals surface area contributed by atoms with Crippen LogP contribution in [0.2, 0.25) is 0 Å². The summed E-state index contributed by atoms with van der Waals surface area (Å²) < 4.78 is 0. The summed E-state index contributed by atoms with van der Waals surface area (Å²) in [6.45, 7) is 9.52. The van der Waals surface area contributed by atoms with Crippen LogP contribution in [0.5, 0.6) is 0 Å². The van der Waals surface area contributed by atoms with Crippen LogP contribution < -0.4 is 11.1 Å². The molecule has 0 aromatic heterocycles. The van der Waals surface area contributed by atoms with Crippen molar-refractivity contribution in [3.63, 3.8) is 0 Å². The van der Waals surface area contributed by atoms with Gasteiger partial charge >= 0.3 is 0 Å². The standard InChI is InChI=1S/C13H25NO.C3H5NO/c1-3-5-6-7-8-9-10-11-12-14-13(15)4-2;1-2-3(4)5/h4H,2-3,5-12H2,1H3,(H,14,15);2H,1H2,(H2,4,5). The van der Waals surface area contributed by atoms with Gasteiger partial charge in [-0.25, -0.2) is 0 Å². The first-order valence-electron chi connectivity index (χ1n) is 7.40. The summed E-state index contributed by atoms with van der Waals surface area (Å²) in [5.41, 5.74) is 4.53. The van der Waals surface area contributed by atoms with Crippen LogP contribution in [0.25, 0.3) is 0 Å². The Hall–Kier alpha value is -1.58. The number of hydrogen-bond acceptors (Lipinski definition) is 2. The number of unbranched alkanes of at least 4 members (excludes halogenated alkanes) is 7. The molecule has 4 nitrogen and oxygen atoms in total. The van der Waals surface area contributed by atoms with E-state index in [9.17, 15) is 9.59 Å². The molecule has 3 N–H and O–H groups in total. The number of nitrogens with two attached hydrogens (primary N) is 1. The summed E-state index contributed by atoms with van der Waals surface area (Å²) in [7, 11) is 0. The zero-order valence-corrected chi connectivity index (χ0v) is 12.8. The molecule has 0 aliphatic rings. The lowest BCUT2D eigenvalue weighted by Crippen LogP contribution is -2.21. The predicted molar refractivity (Wildman–Crippen MR) is 85.2 cm³/mol. The van der Waals surface area contributed by atoms with E-state index in [4.69, 9.17) is 0 Å². The monoisotopic (exact) mass is 282 g/mol. The molecule has 0 atom stereocenters. The summed E-state index contributed by atoms with van der Waals surface area (Å²) >= 11 is 0. The third-order valence-corrected chi connectivity index (χ3v) is 2.72. The maximum absolute atomic E-state index is 10.8. The second-order valence-electron chi connectivity index (χ2n) is 4.58. The molecule has 0 fully saturated rings. The molecule has 0 saturated carbocycles. The summed E-state index contributed by atoms with van der Waals surface area (Å²) in [6.07, 6.45) is 12.8. The first kappa shape index (κ1) is 20.7. The highest BCUT2D eigenvalue weighted by Gasteiger charge is 1.93. The van der Waals surface area contributed by atoms with Gasteiger partial charge in [0.25, 0.3) is 0 Å². The third-order valence-electron chi connectivity index (χ3n) is 2.72. The second-order valence-corrected chi connectivity index (χ2v) is 4.58. The van der Waals surface area contributed by atoms with Crippen LogP contribution in [-0.2, 0) is 9.59 Å². The van der Waals surface area contributed by atoms with Gasteiger partial charge in [-0.2, -0.15) is 0 Å². The minimum absolute atomic E-state index is 0.0575. The molecule has 2 amide bonds. The highest BCUT2D eigenvalue weighted by atomic mass is 16.1. The van der Waals surface area contributed by atoms with Crippen molar-refractivity contribution in [3.05, 3.63) is 25.3 Å². The van der Waals surface area contributed by atoms with Crippen molar-refractivity contribution in [2.75, 3.05) is 6.54 Å². The van der Waals surface area contributed by atoms with Crippen LogP contribution in [-0.4, -0.2) is 18.4 Å². The average Bonchev–Trinajstić information content (AvgIpc) is 2.45. The molecule has 0 aromatic rings. The lowest BCUT2D eigenvalue weighted by atomic mass is 10.1. The van der Waals surface area contributed by atoms with Crippen LogP contribution in [0.4, 0.5) is 0 Å². The first-order chi connectivity index (χ1) is 9.58. The van der Waals surface area contributed by atoms with Crippen molar-refractivity contribution in [1.29, 1.82) is 0 Å². The normalized spacial score (nSPS) is 9.05. The van der Waals surface area contributed by atoms with Crippen molar-refractivity contribution >= 4 is 11.8 Å². The van der Waals surface area contributed by atoms with Crippen LogP contribution >= 0.6 is 0 Å². The van der Waals surface area contributed by atoms with Crippen LogP contribution in [0.1, 0.15) is 58.3 Å². The Morgan fingerprint density at radius 1 is 0.950 bits per heavy atom. The van der Waals surface area contributed by atoms with E-state index >= 15 is 0 Å². The SMILES string of the molecule is C=CC(=O)NCCCCCCCCCC.C=CC(N)=O. The predicted octanol–water partition coefficient (Wildman–Crippen LogP) is 3.09. The molecule has 0 radical (unpaired) electrons. The molecule has 0 aliphatic heterocycles. The van der Waals surface area contributed by atoms with Crippen molar-refractivity contribution < 1.29 is 9.59 Å². The molecule has 0 heterocycles. The number of rotatable bonds is 11. The fourth-order valence-corrected chi connectivity index (χ4v) is 1.54. The minimum Gasteiger partial charge on any atom is -0.366 e. The zero-order chi connectivity index (χ0) is 15.6. The molecule has 4 heteroatoms. The van der Waals surface area contributed by atoms with Crippen molar-refractivity contribution in [2.45, 2.75) is 58.3 Å². The quantitative estimate of drug-likeness (QED) is 0.451. The highest BCUT2D eigenvalue weighted by Crippen LogP contribution is 2.07. The Morgan fingerprint density at radius 2 is 1.40 bits per heavy atom. The minimum atomic E-state index is -0.481. The highest BCUT2D eigenvalue weighted by molar-refractivity contribution is 5.86. The fourth-order valence-electron chi connectivity index (χ4n) is 1.54. The maximum Gasteiger partial charge on any atom is 0.243 e. The molecule has 0 rings (SSSR count). The van der Waals surface area contributed by atoms with Crippen molar-refractivity contribution in [2.24, 2.45) is 5.73 Å². The van der Waals surface area contributed by atoms with E-state index in [-0.39, 0.29) is 5.91 Å². The van der Waals surface area contributed by atoms with Crippen molar-refractivity contribution in [3.8, 4) is 0 Å². The summed E-state index contributed by atoms with van der Waals surface area (Å²) in [4.78, 5) is 20.3. The molecule has 0 aliphatic carbocycles. The summed E-state index contributed by atoms with van der Waals surface area (Å²) in [5, 5.41) is 2.79. The lowest BCUT2D eigenvalue weighted by molar-refractivity contribution is -0.116. The molecule has 20 heavy (non-hydrogen) atoms. The number of amides is 2. The maximum atomic E-state index is 10.8. The molecule has 0 spiro atoms. The average molecular weight is 282 g/mol. The van der Waals surface area contributed by atoms with Gasteiger partial charge < -0.3 is 11.1 Å². The Morgan fingerprint density at radius 3 is 1.80 bits per heavy atom. The Balaban J connectivity index is 0. The van der Waals surface area contributed by atoms with Gasteiger partial charge in [-0.3, -0.25) is 9.59 Å². The zero-order valence-electron chi connectivity index (χ0n) is 12.8. The van der Waals surface area contributed by atoms with Gasteiger partial charge in [0.15, 0.2) is 0 Å².